The second kappa shape index (κ2) is 6.08. The van der Waals surface area contributed by atoms with Gasteiger partial charge in [0.1, 0.15) is 0 Å². The standard InChI is InChI=1S/C7H14ClNO4S/c1-3-4-6(2)5-13-7(10)9-14(8,11)12/h6H,3-5H2,1-2H3,(H,9,10). The second-order valence-electron chi connectivity index (χ2n) is 3.03. The van der Waals surface area contributed by atoms with Gasteiger partial charge in [-0.15, -0.1) is 0 Å². The molecule has 0 bridgehead atoms. The molecule has 0 aliphatic rings. The molecular formula is C7H14ClNO4S. The maximum atomic E-state index is 10.8. The van der Waals surface area contributed by atoms with Crippen molar-refractivity contribution >= 4 is 26.0 Å². The molecule has 1 unspecified atom stereocenters. The Labute approximate surface area is 88.3 Å². The monoisotopic (exact) mass is 243 g/mol. The van der Waals surface area contributed by atoms with Gasteiger partial charge >= 0.3 is 15.3 Å². The Morgan fingerprint density at radius 1 is 1.57 bits per heavy atom. The molecule has 0 saturated carbocycles. The number of ether oxygens (including phenoxy) is 1. The Kier molecular flexibility index (Phi) is 5.87. The molecule has 0 fully saturated rings. The molecule has 0 aromatic heterocycles. The molecule has 0 heterocycles. The van der Waals surface area contributed by atoms with Gasteiger partial charge in [-0.1, -0.05) is 20.3 Å². The van der Waals surface area contributed by atoms with Gasteiger partial charge in [-0.3, -0.25) is 0 Å². The number of carbonyl (C=O) groups is 1. The van der Waals surface area contributed by atoms with Crippen LogP contribution in [0.5, 0.6) is 0 Å². The summed E-state index contributed by atoms with van der Waals surface area (Å²) in [5, 5.41) is 0. The predicted octanol–water partition coefficient (Wildman–Crippen LogP) is 1.63. The molecule has 84 valence electrons. The van der Waals surface area contributed by atoms with Gasteiger partial charge in [0.2, 0.25) is 0 Å². The van der Waals surface area contributed by atoms with Crippen LogP contribution in [0.4, 0.5) is 4.79 Å². The van der Waals surface area contributed by atoms with Crippen molar-refractivity contribution in [2.45, 2.75) is 26.7 Å². The average molecular weight is 244 g/mol. The summed E-state index contributed by atoms with van der Waals surface area (Å²) in [5.41, 5.74) is 0. The SMILES string of the molecule is CCCC(C)COC(=O)NS(=O)(=O)Cl. The van der Waals surface area contributed by atoms with E-state index >= 15 is 0 Å². The number of rotatable bonds is 5. The minimum absolute atomic E-state index is 0.187. The van der Waals surface area contributed by atoms with Crippen LogP contribution in [-0.2, 0) is 14.0 Å². The molecule has 0 rings (SSSR count). The van der Waals surface area contributed by atoms with E-state index in [0.717, 1.165) is 12.8 Å². The van der Waals surface area contributed by atoms with Crippen LogP contribution in [0.3, 0.4) is 0 Å². The Bertz CT molecular complexity index is 277. The first-order valence-electron chi connectivity index (χ1n) is 4.24. The average Bonchev–Trinajstić information content (AvgIpc) is 1.98. The minimum Gasteiger partial charge on any atom is -0.449 e. The molecular weight excluding hydrogens is 230 g/mol. The zero-order chi connectivity index (χ0) is 11.2. The van der Waals surface area contributed by atoms with Crippen LogP contribution in [0.1, 0.15) is 26.7 Å². The molecule has 0 aliphatic heterocycles. The highest BCUT2D eigenvalue weighted by Gasteiger charge is 2.12. The highest BCUT2D eigenvalue weighted by Crippen LogP contribution is 2.05. The third-order valence-electron chi connectivity index (χ3n) is 1.49. The maximum absolute atomic E-state index is 10.8. The maximum Gasteiger partial charge on any atom is 0.421 e. The van der Waals surface area contributed by atoms with Crippen molar-refractivity contribution in [1.82, 2.24) is 4.72 Å². The van der Waals surface area contributed by atoms with Crippen LogP contribution in [-0.4, -0.2) is 21.1 Å². The first kappa shape index (κ1) is 13.5. The molecule has 0 saturated heterocycles. The lowest BCUT2D eigenvalue weighted by molar-refractivity contribution is 0.134. The summed E-state index contributed by atoms with van der Waals surface area (Å²) in [4.78, 5) is 10.8. The molecule has 7 heteroatoms. The second-order valence-corrected chi connectivity index (χ2v) is 5.33. The highest BCUT2D eigenvalue weighted by molar-refractivity contribution is 8.12. The Morgan fingerprint density at radius 3 is 2.57 bits per heavy atom. The fraction of sp³-hybridized carbons (Fsp3) is 0.857. The molecule has 0 aromatic rings. The van der Waals surface area contributed by atoms with Crippen molar-refractivity contribution in [2.75, 3.05) is 6.61 Å². The Hall–Kier alpha value is -0.490. The number of halogens is 1. The lowest BCUT2D eigenvalue weighted by Gasteiger charge is -2.10. The summed E-state index contributed by atoms with van der Waals surface area (Å²) in [7, 11) is 0.729. The summed E-state index contributed by atoms with van der Waals surface area (Å²) in [6.07, 6.45) is 0.865. The van der Waals surface area contributed by atoms with E-state index in [2.05, 4.69) is 4.74 Å². The fourth-order valence-corrected chi connectivity index (χ4v) is 1.37. The van der Waals surface area contributed by atoms with E-state index in [0.29, 0.717) is 0 Å². The van der Waals surface area contributed by atoms with Crippen LogP contribution in [0.25, 0.3) is 0 Å². The normalized spacial score (nSPS) is 13.4. The van der Waals surface area contributed by atoms with Gasteiger partial charge in [-0.2, -0.15) is 8.42 Å². The van der Waals surface area contributed by atoms with Gasteiger partial charge in [0.25, 0.3) is 0 Å². The molecule has 0 radical (unpaired) electrons. The topological polar surface area (TPSA) is 72.5 Å². The number of amides is 1. The molecule has 5 nitrogen and oxygen atoms in total. The molecule has 0 spiro atoms. The molecule has 0 aromatic carbocycles. The number of carbonyl (C=O) groups excluding carboxylic acids is 1. The highest BCUT2D eigenvalue weighted by atomic mass is 35.7. The van der Waals surface area contributed by atoms with Crippen molar-refractivity contribution in [3.8, 4) is 0 Å². The van der Waals surface area contributed by atoms with Gasteiger partial charge in [-0.05, 0) is 12.3 Å². The lowest BCUT2D eigenvalue weighted by atomic mass is 10.1. The number of hydrogen-bond acceptors (Lipinski definition) is 4. The van der Waals surface area contributed by atoms with Gasteiger partial charge < -0.3 is 4.74 Å². The van der Waals surface area contributed by atoms with Crippen LogP contribution < -0.4 is 4.72 Å². The summed E-state index contributed by atoms with van der Waals surface area (Å²) < 4.78 is 26.8. The van der Waals surface area contributed by atoms with Crippen molar-refractivity contribution in [3.63, 3.8) is 0 Å². The third kappa shape index (κ3) is 8.12. The van der Waals surface area contributed by atoms with Crippen molar-refractivity contribution < 1.29 is 17.9 Å². The first-order valence-corrected chi connectivity index (χ1v) is 6.55. The van der Waals surface area contributed by atoms with E-state index in [9.17, 15) is 13.2 Å². The van der Waals surface area contributed by atoms with Crippen molar-refractivity contribution in [2.24, 2.45) is 5.92 Å². The number of nitrogens with one attached hydrogen (secondary N) is 1. The third-order valence-corrected chi connectivity index (χ3v) is 2.13. The fourth-order valence-electron chi connectivity index (χ4n) is 0.923. The minimum atomic E-state index is -4.04. The smallest absolute Gasteiger partial charge is 0.421 e. The van der Waals surface area contributed by atoms with Gasteiger partial charge in [0.05, 0.1) is 6.61 Å². The van der Waals surface area contributed by atoms with E-state index in [1.165, 1.54) is 4.72 Å². The molecule has 14 heavy (non-hydrogen) atoms. The lowest BCUT2D eigenvalue weighted by Crippen LogP contribution is -2.28. The summed E-state index contributed by atoms with van der Waals surface area (Å²) in [5.74, 6) is 0.212. The van der Waals surface area contributed by atoms with E-state index < -0.39 is 15.3 Å². The largest absolute Gasteiger partial charge is 0.449 e. The molecule has 1 amide bonds. The van der Waals surface area contributed by atoms with E-state index in [-0.39, 0.29) is 12.5 Å². The quantitative estimate of drug-likeness (QED) is 0.745. The molecule has 1 atom stereocenters. The molecule has 0 aliphatic carbocycles. The van der Waals surface area contributed by atoms with E-state index in [4.69, 9.17) is 10.7 Å². The van der Waals surface area contributed by atoms with E-state index in [1.54, 1.807) is 0 Å². The van der Waals surface area contributed by atoms with Gasteiger partial charge in [0.15, 0.2) is 0 Å². The Balaban J connectivity index is 3.75. The van der Waals surface area contributed by atoms with Crippen molar-refractivity contribution in [3.05, 3.63) is 0 Å². The summed E-state index contributed by atoms with van der Waals surface area (Å²) in [6, 6.07) is 0. The zero-order valence-corrected chi connectivity index (χ0v) is 9.69. The van der Waals surface area contributed by atoms with E-state index in [1.807, 2.05) is 13.8 Å². The van der Waals surface area contributed by atoms with Crippen LogP contribution in [0.2, 0.25) is 0 Å². The number of hydrogen-bond donors (Lipinski definition) is 1. The van der Waals surface area contributed by atoms with Crippen LogP contribution in [0, 0.1) is 5.92 Å². The summed E-state index contributed by atoms with van der Waals surface area (Å²) in [6.45, 7) is 4.11. The van der Waals surface area contributed by atoms with Crippen LogP contribution in [0.15, 0.2) is 0 Å². The zero-order valence-electron chi connectivity index (χ0n) is 8.12. The molecule has 1 N–H and O–H groups in total. The Morgan fingerprint density at radius 2 is 2.14 bits per heavy atom. The predicted molar refractivity (Wildman–Crippen MR) is 53.3 cm³/mol. The van der Waals surface area contributed by atoms with Gasteiger partial charge in [0, 0.05) is 10.7 Å². The van der Waals surface area contributed by atoms with Crippen LogP contribution >= 0.6 is 10.7 Å². The van der Waals surface area contributed by atoms with Gasteiger partial charge in [-0.25, -0.2) is 9.52 Å². The van der Waals surface area contributed by atoms with Crippen molar-refractivity contribution in [1.29, 1.82) is 0 Å². The summed E-state index contributed by atoms with van der Waals surface area (Å²) >= 11 is 0. The first-order chi connectivity index (χ1) is 6.35.